The number of carbonyl (C=O) groups is 2. The van der Waals surface area contributed by atoms with Gasteiger partial charge in [-0.25, -0.2) is 9.18 Å². The van der Waals surface area contributed by atoms with Crippen LogP contribution in [0.2, 0.25) is 0 Å². The van der Waals surface area contributed by atoms with Crippen LogP contribution in [0.1, 0.15) is 11.6 Å². The van der Waals surface area contributed by atoms with Crippen LogP contribution in [0.3, 0.4) is 0 Å². The van der Waals surface area contributed by atoms with Crippen molar-refractivity contribution in [3.63, 3.8) is 0 Å². The number of carbonyl (C=O) groups excluding carboxylic acids is 2. The molecule has 1 aliphatic heterocycles. The van der Waals surface area contributed by atoms with Crippen LogP contribution in [0.15, 0.2) is 60.8 Å². The van der Waals surface area contributed by atoms with E-state index in [1.807, 2.05) is 0 Å². The Morgan fingerprint density at radius 3 is 2.67 bits per heavy atom. The molecule has 0 aromatic heterocycles. The number of urea groups is 1. The Kier molecular flexibility index (Phi) is 4.84. The van der Waals surface area contributed by atoms with Gasteiger partial charge in [0.25, 0.3) is 5.69 Å². The van der Waals surface area contributed by atoms with E-state index in [4.69, 9.17) is 0 Å². The van der Waals surface area contributed by atoms with E-state index in [9.17, 15) is 24.1 Å². The molecule has 3 N–H and O–H groups in total. The molecule has 1 saturated heterocycles. The molecule has 0 spiro atoms. The van der Waals surface area contributed by atoms with Crippen LogP contribution in [0, 0.1) is 21.8 Å². The molecule has 0 bridgehead atoms. The van der Waals surface area contributed by atoms with E-state index < -0.39 is 34.6 Å². The number of hydrogen-bond acceptors (Lipinski definition) is 4. The topological polar surface area (TPSA) is 113 Å². The number of halogens is 1. The minimum absolute atomic E-state index is 0.135. The fourth-order valence-electron chi connectivity index (χ4n) is 2.89. The van der Waals surface area contributed by atoms with Crippen molar-refractivity contribution in [1.29, 1.82) is 0 Å². The minimum atomic E-state index is -0.955. The lowest BCUT2D eigenvalue weighted by Crippen LogP contribution is -2.51. The molecule has 1 heterocycles. The van der Waals surface area contributed by atoms with E-state index >= 15 is 0 Å². The van der Waals surface area contributed by atoms with Gasteiger partial charge in [0.15, 0.2) is 0 Å². The summed E-state index contributed by atoms with van der Waals surface area (Å²) in [5.41, 5.74) is 0.571. The lowest BCUT2D eigenvalue weighted by atomic mass is 9.88. The molecule has 0 unspecified atom stereocenters. The van der Waals surface area contributed by atoms with Gasteiger partial charge in [0.2, 0.25) is 5.91 Å². The highest BCUT2D eigenvalue weighted by Gasteiger charge is 2.38. The molecule has 0 saturated carbocycles. The molecule has 0 radical (unpaired) electrons. The van der Waals surface area contributed by atoms with Gasteiger partial charge < -0.3 is 16.0 Å². The molecule has 9 heteroatoms. The molecule has 8 nitrogen and oxygen atoms in total. The van der Waals surface area contributed by atoms with Crippen LogP contribution in [0.25, 0.3) is 0 Å². The van der Waals surface area contributed by atoms with Crippen molar-refractivity contribution in [2.75, 3.05) is 5.32 Å². The summed E-state index contributed by atoms with van der Waals surface area (Å²) in [5, 5.41) is 18.5. The van der Waals surface area contributed by atoms with Crippen molar-refractivity contribution < 1.29 is 18.9 Å². The van der Waals surface area contributed by atoms with Crippen LogP contribution in [-0.4, -0.2) is 16.9 Å². The number of amides is 3. The summed E-state index contributed by atoms with van der Waals surface area (Å²) in [6.07, 6.45) is 0. The van der Waals surface area contributed by atoms with Crippen LogP contribution < -0.4 is 16.0 Å². The number of nitrogens with zero attached hydrogens (tertiary/aromatic N) is 1. The zero-order chi connectivity index (χ0) is 19.6. The molecular formula is C18H15FN4O4. The zero-order valence-electron chi connectivity index (χ0n) is 13.9. The Morgan fingerprint density at radius 1 is 1.22 bits per heavy atom. The summed E-state index contributed by atoms with van der Waals surface area (Å²) >= 11 is 0. The molecule has 27 heavy (non-hydrogen) atoms. The maximum atomic E-state index is 13.6. The number of nitrogens with one attached hydrogen (secondary N) is 3. The van der Waals surface area contributed by atoms with Gasteiger partial charge in [-0.05, 0) is 23.8 Å². The summed E-state index contributed by atoms with van der Waals surface area (Å²) < 4.78 is 13.6. The van der Waals surface area contributed by atoms with Gasteiger partial charge in [-0.3, -0.25) is 14.9 Å². The third kappa shape index (κ3) is 3.92. The Bertz CT molecular complexity index is 946. The average molecular weight is 370 g/mol. The van der Waals surface area contributed by atoms with Crippen molar-refractivity contribution in [3.05, 3.63) is 82.3 Å². The number of hydrogen-bond donors (Lipinski definition) is 3. The predicted octanol–water partition coefficient (Wildman–Crippen LogP) is 2.86. The van der Waals surface area contributed by atoms with E-state index in [0.29, 0.717) is 5.56 Å². The molecule has 2 atom stereocenters. The third-order valence-corrected chi connectivity index (χ3v) is 4.08. The number of anilines is 1. The Balaban J connectivity index is 1.90. The molecule has 2 aromatic rings. The predicted molar refractivity (Wildman–Crippen MR) is 95.2 cm³/mol. The number of nitro groups is 1. The average Bonchev–Trinajstić information content (AvgIpc) is 2.61. The molecule has 2 aromatic carbocycles. The number of nitro benzene ring substituents is 1. The van der Waals surface area contributed by atoms with Gasteiger partial charge in [0, 0.05) is 23.5 Å². The smallest absolute Gasteiger partial charge is 0.319 e. The van der Waals surface area contributed by atoms with Crippen LogP contribution in [0.5, 0.6) is 0 Å². The summed E-state index contributed by atoms with van der Waals surface area (Å²) in [4.78, 5) is 34.9. The van der Waals surface area contributed by atoms with Gasteiger partial charge >= 0.3 is 6.03 Å². The van der Waals surface area contributed by atoms with Crippen LogP contribution >= 0.6 is 0 Å². The molecule has 3 rings (SSSR count). The van der Waals surface area contributed by atoms with Crippen molar-refractivity contribution in [1.82, 2.24) is 10.6 Å². The molecular weight excluding hydrogens is 355 g/mol. The van der Waals surface area contributed by atoms with Gasteiger partial charge in [-0.2, -0.15) is 0 Å². The molecule has 0 aliphatic carbocycles. The first-order valence-corrected chi connectivity index (χ1v) is 7.92. The zero-order valence-corrected chi connectivity index (χ0v) is 13.9. The second-order valence-corrected chi connectivity index (χ2v) is 5.93. The van der Waals surface area contributed by atoms with Gasteiger partial charge in [-0.15, -0.1) is 0 Å². The quantitative estimate of drug-likeness (QED) is 0.567. The molecule has 138 valence electrons. The van der Waals surface area contributed by atoms with Gasteiger partial charge in [-0.1, -0.05) is 24.8 Å². The summed E-state index contributed by atoms with van der Waals surface area (Å²) in [6, 6.07) is 9.56. The van der Waals surface area contributed by atoms with Gasteiger partial charge in [0.05, 0.1) is 11.0 Å². The second-order valence-electron chi connectivity index (χ2n) is 5.93. The van der Waals surface area contributed by atoms with E-state index in [1.165, 1.54) is 42.5 Å². The highest BCUT2D eigenvalue weighted by Crippen LogP contribution is 2.31. The van der Waals surface area contributed by atoms with E-state index in [1.54, 1.807) is 6.07 Å². The van der Waals surface area contributed by atoms with Crippen molar-refractivity contribution in [2.24, 2.45) is 5.92 Å². The summed E-state index contributed by atoms with van der Waals surface area (Å²) in [7, 11) is 0. The lowest BCUT2D eigenvalue weighted by molar-refractivity contribution is -0.384. The number of benzene rings is 2. The second kappa shape index (κ2) is 7.24. The largest absolute Gasteiger partial charge is 0.330 e. The fraction of sp³-hybridized carbons (Fsp3) is 0.111. The Morgan fingerprint density at radius 2 is 1.96 bits per heavy atom. The minimum Gasteiger partial charge on any atom is -0.330 e. The van der Waals surface area contributed by atoms with E-state index in [2.05, 4.69) is 22.5 Å². The van der Waals surface area contributed by atoms with Crippen LogP contribution in [0.4, 0.5) is 20.6 Å². The first kappa shape index (κ1) is 18.1. The Hall–Kier alpha value is -3.75. The van der Waals surface area contributed by atoms with E-state index in [-0.39, 0.29) is 17.1 Å². The molecule has 1 fully saturated rings. The molecule has 3 amide bonds. The normalized spacial score (nSPS) is 19.0. The highest BCUT2D eigenvalue weighted by atomic mass is 19.1. The monoisotopic (exact) mass is 370 g/mol. The number of rotatable bonds is 4. The van der Waals surface area contributed by atoms with Crippen molar-refractivity contribution in [2.45, 2.75) is 6.04 Å². The van der Waals surface area contributed by atoms with Gasteiger partial charge in [0.1, 0.15) is 11.7 Å². The summed E-state index contributed by atoms with van der Waals surface area (Å²) in [6.45, 7) is 3.72. The Labute approximate surface area is 153 Å². The van der Waals surface area contributed by atoms with Crippen molar-refractivity contribution in [3.8, 4) is 0 Å². The first-order chi connectivity index (χ1) is 12.8. The third-order valence-electron chi connectivity index (χ3n) is 4.08. The maximum absolute atomic E-state index is 13.6. The maximum Gasteiger partial charge on any atom is 0.319 e. The first-order valence-electron chi connectivity index (χ1n) is 7.92. The fourth-order valence-corrected chi connectivity index (χ4v) is 2.89. The number of non-ortho nitro benzene ring substituents is 1. The SMILES string of the molecule is C=C1NC(=O)N[C@H](c2cccc(F)c2)[C@H]1C(=O)Nc1cccc([N+](=O)[O-])c1. The molecule has 1 aliphatic rings. The standard InChI is InChI=1S/C18H15FN4O4/c1-10-15(17(24)21-13-6-3-7-14(9-13)23(26)27)16(22-18(25)20-10)11-4-2-5-12(19)8-11/h2-9,15-16H,1H2,(H,21,24)(H2,20,22,25)/t15-,16+/m0/s1. The van der Waals surface area contributed by atoms with Crippen LogP contribution in [-0.2, 0) is 4.79 Å². The van der Waals surface area contributed by atoms with E-state index in [0.717, 1.165) is 0 Å². The van der Waals surface area contributed by atoms with Crippen molar-refractivity contribution >= 4 is 23.3 Å². The highest BCUT2D eigenvalue weighted by molar-refractivity contribution is 5.97. The summed E-state index contributed by atoms with van der Waals surface area (Å²) in [5.74, 6) is -2.02. The lowest BCUT2D eigenvalue weighted by Gasteiger charge is -2.33.